The lowest BCUT2D eigenvalue weighted by atomic mass is 10.1. The Morgan fingerprint density at radius 1 is 1.21 bits per heavy atom. The van der Waals surface area contributed by atoms with E-state index in [1.54, 1.807) is 12.1 Å². The maximum absolute atomic E-state index is 12.6. The van der Waals surface area contributed by atoms with Crippen LogP contribution in [0, 0.1) is 6.92 Å². The molecule has 5 heteroatoms. The van der Waals surface area contributed by atoms with E-state index in [1.807, 2.05) is 31.2 Å². The molecule has 5 nitrogen and oxygen atoms in total. The number of pyridine rings is 2. The van der Waals surface area contributed by atoms with Crippen molar-refractivity contribution in [2.45, 2.75) is 26.2 Å². The molecule has 0 radical (unpaired) electrons. The molecule has 24 heavy (non-hydrogen) atoms. The largest absolute Gasteiger partial charge is 0.325 e. The molecular formula is C19H17N3O2. The summed E-state index contributed by atoms with van der Waals surface area (Å²) in [5.74, 6) is -0.401. The van der Waals surface area contributed by atoms with Gasteiger partial charge in [0, 0.05) is 16.8 Å². The number of hydrogen-bond acceptors (Lipinski definition) is 3. The topological polar surface area (TPSA) is 74.8 Å². The first kappa shape index (κ1) is 14.6. The summed E-state index contributed by atoms with van der Waals surface area (Å²) in [4.78, 5) is 32.1. The molecule has 0 bridgehead atoms. The third-order valence-corrected chi connectivity index (χ3v) is 4.44. The van der Waals surface area contributed by atoms with E-state index in [0.29, 0.717) is 5.69 Å². The molecule has 1 amide bonds. The van der Waals surface area contributed by atoms with Crippen molar-refractivity contribution in [2.24, 2.45) is 0 Å². The van der Waals surface area contributed by atoms with Gasteiger partial charge in [-0.25, -0.2) is 0 Å². The fraction of sp³-hybridized carbons (Fsp3) is 0.211. The number of nitrogens with one attached hydrogen (secondary N) is 2. The molecule has 120 valence electrons. The highest BCUT2D eigenvalue weighted by atomic mass is 16.2. The van der Waals surface area contributed by atoms with Crippen LogP contribution in [-0.4, -0.2) is 15.9 Å². The standard InChI is InChI=1S/C19H17N3O2/c1-11-8-9-12-4-2-7-16(17(12)20-11)22-19(24)14-10-13-5-3-6-15(13)21-18(14)23/h2,4,7-10H,3,5-6H2,1H3,(H,21,23)(H,22,24). The van der Waals surface area contributed by atoms with Crippen LogP contribution in [0.2, 0.25) is 0 Å². The number of carbonyl (C=O) groups is 1. The molecule has 1 aliphatic rings. The molecule has 0 saturated heterocycles. The van der Waals surface area contributed by atoms with Gasteiger partial charge in [0.15, 0.2) is 0 Å². The molecule has 0 saturated carbocycles. The third kappa shape index (κ3) is 2.48. The van der Waals surface area contributed by atoms with Crippen LogP contribution >= 0.6 is 0 Å². The third-order valence-electron chi connectivity index (χ3n) is 4.44. The summed E-state index contributed by atoms with van der Waals surface area (Å²) >= 11 is 0. The van der Waals surface area contributed by atoms with Gasteiger partial charge in [-0.1, -0.05) is 18.2 Å². The number of anilines is 1. The molecule has 0 fully saturated rings. The average Bonchev–Trinajstić information content (AvgIpc) is 3.01. The molecule has 0 aliphatic heterocycles. The number of amides is 1. The molecule has 0 unspecified atom stereocenters. The molecule has 1 aromatic carbocycles. The minimum Gasteiger partial charge on any atom is -0.325 e. The zero-order valence-corrected chi connectivity index (χ0v) is 13.3. The van der Waals surface area contributed by atoms with E-state index in [0.717, 1.165) is 47.1 Å². The van der Waals surface area contributed by atoms with Gasteiger partial charge in [-0.15, -0.1) is 0 Å². The Morgan fingerprint density at radius 3 is 2.96 bits per heavy atom. The minimum absolute atomic E-state index is 0.153. The Hall–Kier alpha value is -2.95. The molecule has 2 heterocycles. The van der Waals surface area contributed by atoms with E-state index in [4.69, 9.17) is 0 Å². The maximum Gasteiger partial charge on any atom is 0.261 e. The second-order valence-corrected chi connectivity index (χ2v) is 6.15. The first-order valence-electron chi connectivity index (χ1n) is 8.04. The van der Waals surface area contributed by atoms with E-state index in [2.05, 4.69) is 15.3 Å². The lowest BCUT2D eigenvalue weighted by molar-refractivity contribution is 0.102. The summed E-state index contributed by atoms with van der Waals surface area (Å²) in [6.07, 6.45) is 2.79. The van der Waals surface area contributed by atoms with Gasteiger partial charge >= 0.3 is 0 Å². The number of fused-ring (bicyclic) bond motifs is 2. The maximum atomic E-state index is 12.6. The number of nitrogens with zero attached hydrogens (tertiary/aromatic N) is 1. The average molecular weight is 319 g/mol. The van der Waals surface area contributed by atoms with Crippen molar-refractivity contribution in [3.05, 3.63) is 69.3 Å². The first-order chi connectivity index (χ1) is 11.6. The Balaban J connectivity index is 1.73. The van der Waals surface area contributed by atoms with Crippen molar-refractivity contribution in [3.63, 3.8) is 0 Å². The molecule has 0 atom stereocenters. The Morgan fingerprint density at radius 2 is 2.08 bits per heavy atom. The summed E-state index contributed by atoms with van der Waals surface area (Å²) in [5, 5.41) is 3.78. The van der Waals surface area contributed by atoms with Crippen LogP contribution in [0.5, 0.6) is 0 Å². The smallest absolute Gasteiger partial charge is 0.261 e. The van der Waals surface area contributed by atoms with Crippen molar-refractivity contribution in [2.75, 3.05) is 5.32 Å². The van der Waals surface area contributed by atoms with Crippen LogP contribution in [0.15, 0.2) is 41.2 Å². The second-order valence-electron chi connectivity index (χ2n) is 6.15. The number of carbonyl (C=O) groups excluding carboxylic acids is 1. The van der Waals surface area contributed by atoms with Crippen LogP contribution in [0.1, 0.15) is 33.7 Å². The highest BCUT2D eigenvalue weighted by molar-refractivity contribution is 6.08. The van der Waals surface area contributed by atoms with E-state index in [9.17, 15) is 9.59 Å². The van der Waals surface area contributed by atoms with Gasteiger partial charge in [-0.05, 0) is 49.9 Å². The van der Waals surface area contributed by atoms with Crippen molar-refractivity contribution in [3.8, 4) is 0 Å². The van der Waals surface area contributed by atoms with Crippen LogP contribution in [0.25, 0.3) is 10.9 Å². The summed E-state index contributed by atoms with van der Waals surface area (Å²) in [6.45, 7) is 1.91. The lowest BCUT2D eigenvalue weighted by Crippen LogP contribution is -2.24. The molecule has 0 spiro atoms. The van der Waals surface area contributed by atoms with Gasteiger partial charge in [0.25, 0.3) is 11.5 Å². The number of aromatic nitrogens is 2. The van der Waals surface area contributed by atoms with Crippen molar-refractivity contribution >= 4 is 22.5 Å². The van der Waals surface area contributed by atoms with E-state index in [-0.39, 0.29) is 11.1 Å². The monoisotopic (exact) mass is 319 g/mol. The molecule has 3 aromatic rings. The zero-order chi connectivity index (χ0) is 16.7. The van der Waals surface area contributed by atoms with E-state index in [1.165, 1.54) is 0 Å². The number of para-hydroxylation sites is 1. The van der Waals surface area contributed by atoms with Gasteiger partial charge in [0.1, 0.15) is 5.56 Å². The highest BCUT2D eigenvalue weighted by Crippen LogP contribution is 2.23. The predicted molar refractivity (Wildman–Crippen MR) is 93.5 cm³/mol. The first-order valence-corrected chi connectivity index (χ1v) is 8.04. The van der Waals surface area contributed by atoms with Gasteiger partial charge in [-0.3, -0.25) is 14.6 Å². The van der Waals surface area contributed by atoms with Gasteiger partial charge in [0.2, 0.25) is 0 Å². The van der Waals surface area contributed by atoms with Crippen LogP contribution in [0.3, 0.4) is 0 Å². The second kappa shape index (κ2) is 5.60. The van der Waals surface area contributed by atoms with Crippen molar-refractivity contribution in [1.29, 1.82) is 0 Å². The number of H-pyrrole nitrogens is 1. The summed E-state index contributed by atoms with van der Waals surface area (Å²) in [5.41, 5.74) is 4.05. The molecule has 1 aliphatic carbocycles. The molecular weight excluding hydrogens is 302 g/mol. The number of aryl methyl sites for hydroxylation is 3. The quantitative estimate of drug-likeness (QED) is 0.762. The SMILES string of the molecule is Cc1ccc2cccc(NC(=O)c3cc4c([nH]c3=O)CCC4)c2n1. The summed E-state index contributed by atoms with van der Waals surface area (Å²) in [7, 11) is 0. The Kier molecular flexibility index (Phi) is 3.41. The summed E-state index contributed by atoms with van der Waals surface area (Å²) < 4.78 is 0. The van der Waals surface area contributed by atoms with Gasteiger partial charge < -0.3 is 10.3 Å². The van der Waals surface area contributed by atoms with Crippen molar-refractivity contribution in [1.82, 2.24) is 9.97 Å². The van der Waals surface area contributed by atoms with Crippen LogP contribution in [-0.2, 0) is 12.8 Å². The Bertz CT molecular complexity index is 1020. The fourth-order valence-electron chi connectivity index (χ4n) is 3.22. The normalized spacial score (nSPS) is 13.0. The van der Waals surface area contributed by atoms with Crippen molar-refractivity contribution < 1.29 is 4.79 Å². The van der Waals surface area contributed by atoms with Crippen LogP contribution < -0.4 is 10.9 Å². The number of benzene rings is 1. The molecule has 2 aromatic heterocycles. The minimum atomic E-state index is -0.401. The van der Waals surface area contributed by atoms with E-state index < -0.39 is 5.91 Å². The number of rotatable bonds is 2. The lowest BCUT2D eigenvalue weighted by Gasteiger charge is -2.09. The number of hydrogen-bond donors (Lipinski definition) is 2. The summed E-state index contributed by atoms with van der Waals surface area (Å²) in [6, 6.07) is 11.2. The zero-order valence-electron chi connectivity index (χ0n) is 13.3. The molecule has 2 N–H and O–H groups in total. The van der Waals surface area contributed by atoms with Gasteiger partial charge in [0.05, 0.1) is 11.2 Å². The predicted octanol–water partition coefficient (Wildman–Crippen LogP) is 2.97. The van der Waals surface area contributed by atoms with E-state index >= 15 is 0 Å². The fourth-order valence-corrected chi connectivity index (χ4v) is 3.22. The highest BCUT2D eigenvalue weighted by Gasteiger charge is 2.18. The van der Waals surface area contributed by atoms with Crippen LogP contribution in [0.4, 0.5) is 5.69 Å². The van der Waals surface area contributed by atoms with Gasteiger partial charge in [-0.2, -0.15) is 0 Å². The number of aromatic amines is 1. The Labute approximate surface area is 138 Å². The molecule has 4 rings (SSSR count).